The minimum Gasteiger partial charge on any atom is -0.507 e. The number of hydrazone groups is 1. The molecule has 0 saturated carbocycles. The van der Waals surface area contributed by atoms with E-state index >= 15 is 0 Å². The fourth-order valence-electron chi connectivity index (χ4n) is 3.28. The molecule has 0 fully saturated rings. The van der Waals surface area contributed by atoms with E-state index in [1.807, 2.05) is 12.1 Å². The van der Waals surface area contributed by atoms with Crippen LogP contribution in [0.15, 0.2) is 70.2 Å². The van der Waals surface area contributed by atoms with E-state index in [1.165, 1.54) is 16.3 Å². The van der Waals surface area contributed by atoms with Crippen molar-refractivity contribution in [3.05, 3.63) is 76.3 Å². The van der Waals surface area contributed by atoms with Crippen LogP contribution in [0.1, 0.15) is 11.1 Å². The summed E-state index contributed by atoms with van der Waals surface area (Å²) in [5.74, 6) is 0.229. The van der Waals surface area contributed by atoms with E-state index in [0.717, 1.165) is 38.3 Å². The minimum atomic E-state index is 0.229. The number of hydrogen-bond donors (Lipinski definition) is 2. The summed E-state index contributed by atoms with van der Waals surface area (Å²) in [6, 6.07) is 20.4. The summed E-state index contributed by atoms with van der Waals surface area (Å²) >= 11 is 3.31. The summed E-state index contributed by atoms with van der Waals surface area (Å²) in [6.45, 7) is 4.64. The van der Waals surface area contributed by atoms with Crippen LogP contribution in [0.4, 0.5) is 0 Å². The van der Waals surface area contributed by atoms with Crippen LogP contribution in [0, 0.1) is 0 Å². The van der Waals surface area contributed by atoms with E-state index in [0.29, 0.717) is 4.47 Å². The number of nitrogens with zero attached hydrogens (tertiary/aromatic N) is 3. The van der Waals surface area contributed by atoms with Crippen molar-refractivity contribution in [2.75, 3.05) is 40.3 Å². The molecule has 3 rings (SSSR count). The van der Waals surface area contributed by atoms with Gasteiger partial charge in [-0.15, -0.1) is 0 Å². The van der Waals surface area contributed by atoms with Gasteiger partial charge in [0, 0.05) is 32.7 Å². The first kappa shape index (κ1) is 22.3. The Labute approximate surface area is 187 Å². The van der Waals surface area contributed by atoms with Gasteiger partial charge in [0.15, 0.2) is 0 Å². The molecule has 0 unspecified atom stereocenters. The number of halogens is 1. The number of rotatable bonds is 10. The van der Waals surface area contributed by atoms with Gasteiger partial charge in [-0.05, 0) is 70.1 Å². The molecule has 5 nitrogen and oxygen atoms in total. The Kier molecular flexibility index (Phi) is 8.25. The van der Waals surface area contributed by atoms with E-state index in [9.17, 15) is 5.11 Å². The first-order valence-corrected chi connectivity index (χ1v) is 10.9. The Morgan fingerprint density at radius 2 is 1.73 bits per heavy atom. The van der Waals surface area contributed by atoms with Crippen LogP contribution in [0.3, 0.4) is 0 Å². The molecule has 158 valence electrons. The highest BCUT2D eigenvalue weighted by Gasteiger charge is 2.06. The van der Waals surface area contributed by atoms with Crippen LogP contribution in [0.5, 0.6) is 5.75 Å². The Hall–Kier alpha value is -2.41. The summed E-state index contributed by atoms with van der Waals surface area (Å²) in [5.41, 5.74) is 5.38. The Morgan fingerprint density at radius 3 is 2.57 bits per heavy atom. The van der Waals surface area contributed by atoms with Crippen LogP contribution in [-0.2, 0) is 6.54 Å². The lowest BCUT2D eigenvalue weighted by Gasteiger charge is -2.22. The molecule has 0 heterocycles. The summed E-state index contributed by atoms with van der Waals surface area (Å²) in [4.78, 5) is 4.67. The van der Waals surface area contributed by atoms with Crippen molar-refractivity contribution in [2.24, 2.45) is 5.10 Å². The fourth-order valence-corrected chi connectivity index (χ4v) is 3.68. The molecule has 3 aromatic rings. The predicted molar refractivity (Wildman–Crippen MR) is 129 cm³/mol. The van der Waals surface area contributed by atoms with Crippen molar-refractivity contribution in [2.45, 2.75) is 6.54 Å². The molecule has 0 aliphatic rings. The lowest BCUT2D eigenvalue weighted by molar-refractivity contribution is 0.252. The van der Waals surface area contributed by atoms with Crippen LogP contribution in [-0.4, -0.2) is 61.4 Å². The van der Waals surface area contributed by atoms with Crippen molar-refractivity contribution in [1.29, 1.82) is 0 Å². The summed E-state index contributed by atoms with van der Waals surface area (Å²) in [6.07, 6.45) is 1.75. The third-order valence-electron chi connectivity index (χ3n) is 5.07. The maximum Gasteiger partial charge on any atom is 0.129 e. The lowest BCUT2D eigenvalue weighted by atomic mass is 10.0. The maximum absolute atomic E-state index is 9.52. The largest absolute Gasteiger partial charge is 0.507 e. The monoisotopic (exact) mass is 468 g/mol. The van der Waals surface area contributed by atoms with Gasteiger partial charge in [0.2, 0.25) is 0 Å². The van der Waals surface area contributed by atoms with Gasteiger partial charge in [0.25, 0.3) is 0 Å². The second-order valence-corrected chi connectivity index (χ2v) is 8.41. The number of aromatic hydroxyl groups is 1. The molecular weight excluding hydrogens is 440 g/mol. The van der Waals surface area contributed by atoms with Gasteiger partial charge in [0.1, 0.15) is 5.75 Å². The normalized spacial score (nSPS) is 11.8. The fraction of sp³-hybridized carbons (Fsp3) is 0.292. The van der Waals surface area contributed by atoms with Crippen LogP contribution >= 0.6 is 15.9 Å². The molecule has 30 heavy (non-hydrogen) atoms. The molecule has 3 aromatic carbocycles. The molecule has 0 saturated heterocycles. The molecule has 2 N–H and O–H groups in total. The Morgan fingerprint density at radius 1 is 0.967 bits per heavy atom. The van der Waals surface area contributed by atoms with Crippen molar-refractivity contribution in [1.82, 2.24) is 15.2 Å². The zero-order chi connectivity index (χ0) is 21.3. The highest BCUT2D eigenvalue weighted by Crippen LogP contribution is 2.23. The van der Waals surface area contributed by atoms with Gasteiger partial charge in [-0.3, -0.25) is 0 Å². The zero-order valence-electron chi connectivity index (χ0n) is 17.6. The van der Waals surface area contributed by atoms with Crippen molar-refractivity contribution in [3.8, 4) is 5.75 Å². The average molecular weight is 469 g/mol. The number of phenolic OH excluding ortho intramolecular Hbond substituents is 1. The number of hydrogen-bond acceptors (Lipinski definition) is 5. The average Bonchev–Trinajstić information content (AvgIpc) is 2.75. The number of phenols is 1. The smallest absolute Gasteiger partial charge is 0.129 e. The van der Waals surface area contributed by atoms with E-state index in [-0.39, 0.29) is 5.75 Å². The number of fused-ring (bicyclic) bond motifs is 1. The molecular formula is C24H29BrN4O. The highest BCUT2D eigenvalue weighted by molar-refractivity contribution is 9.10. The second-order valence-electron chi connectivity index (χ2n) is 7.56. The first-order chi connectivity index (χ1) is 14.5. The number of nitrogens with one attached hydrogen (secondary N) is 1. The molecule has 0 aliphatic heterocycles. The van der Waals surface area contributed by atoms with E-state index < -0.39 is 0 Å². The van der Waals surface area contributed by atoms with Gasteiger partial charge in [-0.25, -0.2) is 0 Å². The van der Waals surface area contributed by atoms with Crippen molar-refractivity contribution < 1.29 is 5.11 Å². The van der Waals surface area contributed by atoms with Gasteiger partial charge in [-0.1, -0.05) is 42.5 Å². The van der Waals surface area contributed by atoms with E-state index in [4.69, 9.17) is 0 Å². The first-order valence-electron chi connectivity index (χ1n) is 10.1. The SMILES string of the molecule is CN(CCN/N=C/c1ccc(O)c(Br)c1)CCN(C)Cc1cccc2ccccc12. The molecule has 6 heteroatoms. The Balaban J connectivity index is 1.37. The molecule has 0 bridgehead atoms. The maximum atomic E-state index is 9.52. The quantitative estimate of drug-likeness (QED) is 0.264. The topological polar surface area (TPSA) is 51.1 Å². The molecule has 0 spiro atoms. The van der Waals surface area contributed by atoms with Crippen LogP contribution in [0.2, 0.25) is 0 Å². The van der Waals surface area contributed by atoms with Crippen LogP contribution < -0.4 is 5.43 Å². The lowest BCUT2D eigenvalue weighted by Crippen LogP contribution is -2.34. The van der Waals surface area contributed by atoms with Gasteiger partial charge in [-0.2, -0.15) is 5.10 Å². The van der Waals surface area contributed by atoms with Crippen molar-refractivity contribution in [3.63, 3.8) is 0 Å². The molecule has 0 amide bonds. The molecule has 0 aromatic heterocycles. The minimum absolute atomic E-state index is 0.229. The summed E-state index contributed by atoms with van der Waals surface area (Å²) < 4.78 is 0.666. The number of benzene rings is 3. The van der Waals surface area contributed by atoms with Gasteiger partial charge in [0.05, 0.1) is 10.7 Å². The molecule has 0 atom stereocenters. The third-order valence-corrected chi connectivity index (χ3v) is 5.70. The van der Waals surface area contributed by atoms with Gasteiger partial charge >= 0.3 is 0 Å². The van der Waals surface area contributed by atoms with E-state index in [1.54, 1.807) is 12.3 Å². The standard InChI is InChI=1S/C24H29BrN4O/c1-28(13-12-26-27-17-19-10-11-24(30)23(25)16-19)14-15-29(2)18-21-8-5-7-20-6-3-4-9-22(20)21/h3-11,16-17,26,30H,12-15,18H2,1-2H3/b27-17+. The van der Waals surface area contributed by atoms with E-state index in [2.05, 4.69) is 92.8 Å². The van der Waals surface area contributed by atoms with Crippen molar-refractivity contribution >= 4 is 32.9 Å². The second kappa shape index (κ2) is 11.1. The highest BCUT2D eigenvalue weighted by atomic mass is 79.9. The zero-order valence-corrected chi connectivity index (χ0v) is 19.1. The number of likely N-dealkylation sites (N-methyl/N-ethyl adjacent to an activating group) is 2. The summed E-state index contributed by atoms with van der Waals surface area (Å²) in [5, 5.41) is 16.4. The van der Waals surface area contributed by atoms with Crippen LogP contribution in [0.25, 0.3) is 10.8 Å². The Bertz CT molecular complexity index is 987. The third kappa shape index (κ3) is 6.55. The summed E-state index contributed by atoms with van der Waals surface area (Å²) in [7, 11) is 4.31. The predicted octanol–water partition coefficient (Wildman–Crippen LogP) is 4.30. The molecule has 0 radical (unpaired) electrons. The molecule has 0 aliphatic carbocycles. The van der Waals surface area contributed by atoms with Gasteiger partial charge < -0.3 is 20.3 Å².